The smallest absolute Gasteiger partial charge is 0.175 e. The molecule has 21 heavy (non-hydrogen) atoms. The Morgan fingerprint density at radius 1 is 1.24 bits per heavy atom. The van der Waals surface area contributed by atoms with Gasteiger partial charge in [-0.1, -0.05) is 6.92 Å². The summed E-state index contributed by atoms with van der Waals surface area (Å²) in [5.41, 5.74) is 0. The molecule has 1 aliphatic rings. The zero-order valence-corrected chi connectivity index (χ0v) is 14.2. The number of nitrogens with one attached hydrogen (secondary N) is 1. The molecule has 1 N–H and O–H groups in total. The van der Waals surface area contributed by atoms with Crippen molar-refractivity contribution < 1.29 is 12.6 Å². The summed E-state index contributed by atoms with van der Waals surface area (Å²) in [5, 5.41) is 3.65. The van der Waals surface area contributed by atoms with E-state index >= 15 is 0 Å². The van der Waals surface area contributed by atoms with Crippen LogP contribution in [0, 0.1) is 0 Å². The Hall–Kier alpha value is -0.720. The van der Waals surface area contributed by atoms with E-state index in [1.165, 1.54) is 6.26 Å². The Labute approximate surface area is 129 Å². The summed E-state index contributed by atoms with van der Waals surface area (Å²) >= 11 is 0. The molecule has 1 saturated carbocycles. The van der Waals surface area contributed by atoms with Crippen LogP contribution in [0.2, 0.25) is 0 Å². The van der Waals surface area contributed by atoms with Gasteiger partial charge in [0.2, 0.25) is 0 Å². The van der Waals surface area contributed by atoms with Crippen LogP contribution in [0.25, 0.3) is 0 Å². The van der Waals surface area contributed by atoms with Crippen LogP contribution in [0.5, 0.6) is 0 Å². The van der Waals surface area contributed by atoms with Gasteiger partial charge in [0.1, 0.15) is 0 Å². The first-order valence-corrected chi connectivity index (χ1v) is 10.5. The van der Waals surface area contributed by atoms with Gasteiger partial charge in [-0.2, -0.15) is 0 Å². The highest BCUT2D eigenvalue weighted by Crippen LogP contribution is 2.27. The van der Waals surface area contributed by atoms with Gasteiger partial charge in [-0.3, -0.25) is 4.21 Å². The van der Waals surface area contributed by atoms with Crippen molar-refractivity contribution in [3.8, 4) is 0 Å². The molecule has 0 radical (unpaired) electrons. The fourth-order valence-corrected chi connectivity index (χ4v) is 4.86. The number of hydrogen-bond donors (Lipinski definition) is 1. The summed E-state index contributed by atoms with van der Waals surface area (Å²) in [6.45, 7) is 3.15. The van der Waals surface area contributed by atoms with Crippen LogP contribution in [0.15, 0.2) is 34.1 Å². The minimum Gasteiger partial charge on any atom is -0.314 e. The second-order valence-corrected chi connectivity index (χ2v) is 9.38. The predicted octanol–water partition coefficient (Wildman–Crippen LogP) is 2.12. The van der Waals surface area contributed by atoms with Crippen molar-refractivity contribution in [2.24, 2.45) is 0 Å². The Bertz CT molecular complexity index is 596. The second-order valence-electron chi connectivity index (χ2n) is 5.63. The van der Waals surface area contributed by atoms with E-state index in [0.717, 1.165) is 37.1 Å². The van der Waals surface area contributed by atoms with Crippen molar-refractivity contribution in [1.29, 1.82) is 0 Å². The van der Waals surface area contributed by atoms with Gasteiger partial charge in [0.15, 0.2) is 9.84 Å². The summed E-state index contributed by atoms with van der Waals surface area (Å²) in [5.74, 6) is 0. The highest BCUT2D eigenvalue weighted by molar-refractivity contribution is 7.90. The Balaban J connectivity index is 2.01. The molecule has 3 unspecified atom stereocenters. The van der Waals surface area contributed by atoms with E-state index in [9.17, 15) is 12.6 Å². The maximum atomic E-state index is 12.6. The first kappa shape index (κ1) is 16.6. The highest BCUT2D eigenvalue weighted by Gasteiger charge is 2.29. The number of rotatable bonds is 6. The molecule has 2 rings (SSSR count). The minimum atomic E-state index is -3.19. The van der Waals surface area contributed by atoms with Crippen molar-refractivity contribution in [3.05, 3.63) is 24.3 Å². The van der Waals surface area contributed by atoms with Crippen LogP contribution >= 0.6 is 0 Å². The molecule has 0 saturated heterocycles. The van der Waals surface area contributed by atoms with Gasteiger partial charge >= 0.3 is 0 Å². The van der Waals surface area contributed by atoms with Gasteiger partial charge in [0.25, 0.3) is 0 Å². The molecule has 0 amide bonds. The lowest BCUT2D eigenvalue weighted by Crippen LogP contribution is -2.28. The molecule has 0 aliphatic heterocycles. The van der Waals surface area contributed by atoms with E-state index in [4.69, 9.17) is 0 Å². The van der Waals surface area contributed by atoms with Crippen LogP contribution in [-0.2, 0) is 20.6 Å². The lowest BCUT2D eigenvalue weighted by Gasteiger charge is -2.13. The number of benzene rings is 1. The fraction of sp³-hybridized carbons (Fsp3) is 0.600. The molecule has 0 heterocycles. The van der Waals surface area contributed by atoms with Gasteiger partial charge in [0.05, 0.1) is 15.7 Å². The van der Waals surface area contributed by atoms with E-state index in [-0.39, 0.29) is 10.1 Å². The summed E-state index contributed by atoms with van der Waals surface area (Å²) in [4.78, 5) is 1.00. The Morgan fingerprint density at radius 2 is 1.90 bits per heavy atom. The molecule has 118 valence electrons. The van der Waals surface area contributed by atoms with Crippen LogP contribution in [0.4, 0.5) is 0 Å². The topological polar surface area (TPSA) is 63.2 Å². The third kappa shape index (κ3) is 4.37. The highest BCUT2D eigenvalue weighted by atomic mass is 32.2. The van der Waals surface area contributed by atoms with E-state index in [1.807, 2.05) is 0 Å². The van der Waals surface area contributed by atoms with E-state index in [0.29, 0.717) is 6.04 Å². The number of hydrogen-bond acceptors (Lipinski definition) is 4. The molecule has 1 aromatic carbocycles. The lowest BCUT2D eigenvalue weighted by atomic mass is 10.2. The summed E-state index contributed by atoms with van der Waals surface area (Å²) in [6.07, 6.45) is 5.25. The zero-order valence-electron chi connectivity index (χ0n) is 12.5. The molecule has 3 atom stereocenters. The van der Waals surface area contributed by atoms with Crippen LogP contribution in [-0.4, -0.2) is 36.7 Å². The molecule has 0 spiro atoms. The van der Waals surface area contributed by atoms with Gasteiger partial charge in [-0.05, 0) is 56.5 Å². The van der Waals surface area contributed by atoms with Crippen molar-refractivity contribution in [2.45, 2.75) is 53.7 Å². The van der Waals surface area contributed by atoms with Crippen molar-refractivity contribution in [2.75, 3.05) is 12.8 Å². The van der Waals surface area contributed by atoms with Gasteiger partial charge < -0.3 is 5.32 Å². The van der Waals surface area contributed by atoms with Crippen LogP contribution in [0.3, 0.4) is 0 Å². The first-order chi connectivity index (χ1) is 9.91. The molecule has 0 bridgehead atoms. The average Bonchev–Trinajstić information content (AvgIpc) is 2.92. The van der Waals surface area contributed by atoms with Crippen molar-refractivity contribution in [3.63, 3.8) is 0 Å². The van der Waals surface area contributed by atoms with Gasteiger partial charge in [-0.15, -0.1) is 0 Å². The first-order valence-electron chi connectivity index (χ1n) is 7.36. The fourth-order valence-electron chi connectivity index (χ4n) is 2.68. The normalized spacial score (nSPS) is 24.1. The summed E-state index contributed by atoms with van der Waals surface area (Å²) < 4.78 is 35.4. The average molecular weight is 329 g/mol. The van der Waals surface area contributed by atoms with E-state index < -0.39 is 20.6 Å². The van der Waals surface area contributed by atoms with E-state index in [2.05, 4.69) is 12.2 Å². The molecular weight excluding hydrogens is 306 g/mol. The standard InChI is InChI=1S/C15H23NO3S2/c1-3-10-16-12-4-5-14(11-12)20(17)13-6-8-15(9-7-13)21(2,18)19/h6-9,12,14,16H,3-5,10-11H2,1-2H3. The van der Waals surface area contributed by atoms with Crippen molar-refractivity contribution >= 4 is 20.6 Å². The predicted molar refractivity (Wildman–Crippen MR) is 85.7 cm³/mol. The monoisotopic (exact) mass is 329 g/mol. The lowest BCUT2D eigenvalue weighted by molar-refractivity contribution is 0.523. The molecule has 1 aromatic rings. The van der Waals surface area contributed by atoms with Crippen LogP contribution in [0.1, 0.15) is 32.6 Å². The van der Waals surface area contributed by atoms with E-state index in [1.54, 1.807) is 24.3 Å². The molecule has 4 nitrogen and oxygen atoms in total. The Morgan fingerprint density at radius 3 is 2.48 bits per heavy atom. The van der Waals surface area contributed by atoms with Crippen molar-refractivity contribution in [1.82, 2.24) is 5.32 Å². The van der Waals surface area contributed by atoms with Gasteiger partial charge in [-0.25, -0.2) is 8.42 Å². The minimum absolute atomic E-state index is 0.170. The summed E-state index contributed by atoms with van der Waals surface area (Å²) in [7, 11) is -4.25. The SMILES string of the molecule is CCCNC1CCC(S(=O)c2ccc(S(C)(=O)=O)cc2)C1. The summed E-state index contributed by atoms with van der Waals surface area (Å²) in [6, 6.07) is 6.92. The third-order valence-electron chi connectivity index (χ3n) is 3.85. The second kappa shape index (κ2) is 7.03. The molecule has 1 aliphatic carbocycles. The number of sulfone groups is 1. The Kier molecular flexibility index (Phi) is 5.57. The zero-order chi connectivity index (χ0) is 15.5. The quantitative estimate of drug-likeness (QED) is 0.868. The van der Waals surface area contributed by atoms with Crippen LogP contribution < -0.4 is 5.32 Å². The molecule has 6 heteroatoms. The molecular formula is C15H23NO3S2. The largest absolute Gasteiger partial charge is 0.314 e. The van der Waals surface area contributed by atoms with Gasteiger partial charge in [0, 0.05) is 22.4 Å². The third-order valence-corrected chi connectivity index (χ3v) is 6.75. The molecule has 1 fully saturated rings. The maximum Gasteiger partial charge on any atom is 0.175 e. The maximum absolute atomic E-state index is 12.6. The molecule has 0 aromatic heterocycles.